The molecule has 1 aromatic rings. The summed E-state index contributed by atoms with van der Waals surface area (Å²) in [5, 5.41) is 2.86. The second kappa shape index (κ2) is 5.19. The van der Waals surface area contributed by atoms with Crippen molar-refractivity contribution >= 4 is 11.6 Å². The van der Waals surface area contributed by atoms with Crippen molar-refractivity contribution in [2.75, 3.05) is 11.9 Å². The third-order valence-electron chi connectivity index (χ3n) is 1.57. The van der Waals surface area contributed by atoms with Crippen molar-refractivity contribution in [1.29, 1.82) is 0 Å². The van der Waals surface area contributed by atoms with Crippen LogP contribution in [0.3, 0.4) is 0 Å². The number of hydrogen-bond donors (Lipinski definition) is 2. The number of anilines is 1. The van der Waals surface area contributed by atoms with Crippen LogP contribution >= 0.6 is 0 Å². The van der Waals surface area contributed by atoms with Gasteiger partial charge in [0.15, 0.2) is 0 Å². The Bertz CT molecular complexity index is 339. The minimum atomic E-state index is -0.422. The van der Waals surface area contributed by atoms with E-state index in [-0.39, 0.29) is 12.6 Å². The van der Waals surface area contributed by atoms with Crippen LogP contribution in [0.25, 0.3) is 0 Å². The van der Waals surface area contributed by atoms with Gasteiger partial charge in [0.1, 0.15) is 0 Å². The van der Waals surface area contributed by atoms with Crippen molar-refractivity contribution in [3.63, 3.8) is 0 Å². The first kappa shape index (κ1) is 11.3. The number of carbonyl (C=O) groups excluding carboxylic acids is 1. The van der Waals surface area contributed by atoms with Gasteiger partial charge in [-0.25, -0.2) is 4.98 Å². The molecule has 1 aromatic heterocycles. The van der Waals surface area contributed by atoms with Gasteiger partial charge >= 0.3 is 0 Å². The second-order valence-corrected chi connectivity index (χ2v) is 3.34. The van der Waals surface area contributed by atoms with E-state index < -0.39 is 5.91 Å². The van der Waals surface area contributed by atoms with Gasteiger partial charge in [-0.05, 0) is 26.0 Å². The third-order valence-corrected chi connectivity index (χ3v) is 1.57. The van der Waals surface area contributed by atoms with E-state index in [4.69, 9.17) is 10.5 Å². The highest BCUT2D eigenvalue weighted by Crippen LogP contribution is 2.21. The molecule has 1 rings (SSSR count). The Hall–Kier alpha value is -1.78. The summed E-state index contributed by atoms with van der Waals surface area (Å²) in [5.74, 6) is 0.0584. The molecule has 5 nitrogen and oxygen atoms in total. The smallest absolute Gasteiger partial charge is 0.237 e. The maximum atomic E-state index is 10.6. The third kappa shape index (κ3) is 3.84. The molecule has 0 aromatic carbocycles. The fourth-order valence-electron chi connectivity index (χ4n) is 1.02. The molecule has 0 radical (unpaired) electrons. The molecule has 0 unspecified atom stereocenters. The molecule has 0 atom stereocenters. The monoisotopic (exact) mass is 209 g/mol. The average Bonchev–Trinajstić information content (AvgIpc) is 2.15. The van der Waals surface area contributed by atoms with Gasteiger partial charge in [0.25, 0.3) is 0 Å². The molecule has 0 aliphatic rings. The summed E-state index contributed by atoms with van der Waals surface area (Å²) >= 11 is 0. The lowest BCUT2D eigenvalue weighted by Crippen LogP contribution is -2.22. The van der Waals surface area contributed by atoms with Gasteiger partial charge < -0.3 is 15.8 Å². The van der Waals surface area contributed by atoms with Crippen molar-refractivity contribution in [1.82, 2.24) is 4.98 Å². The summed E-state index contributed by atoms with van der Waals surface area (Å²) in [6.45, 7) is 3.89. The van der Waals surface area contributed by atoms with E-state index in [1.54, 1.807) is 18.3 Å². The topological polar surface area (TPSA) is 77.2 Å². The normalized spacial score (nSPS) is 10.1. The molecule has 0 aliphatic carbocycles. The maximum absolute atomic E-state index is 10.6. The lowest BCUT2D eigenvalue weighted by Gasteiger charge is -2.13. The van der Waals surface area contributed by atoms with Crippen molar-refractivity contribution in [3.05, 3.63) is 18.3 Å². The fraction of sp³-hybridized carbons (Fsp3) is 0.400. The highest BCUT2D eigenvalue weighted by Gasteiger charge is 2.06. The van der Waals surface area contributed by atoms with Crippen LogP contribution in [-0.4, -0.2) is 23.5 Å². The van der Waals surface area contributed by atoms with Gasteiger partial charge in [0.05, 0.1) is 18.3 Å². The summed E-state index contributed by atoms with van der Waals surface area (Å²) in [4.78, 5) is 14.7. The Morgan fingerprint density at radius 3 is 3.00 bits per heavy atom. The summed E-state index contributed by atoms with van der Waals surface area (Å²) in [7, 11) is 0. The van der Waals surface area contributed by atoms with Crippen LogP contribution in [0, 0.1) is 0 Å². The number of rotatable bonds is 5. The number of nitrogens with zero attached hydrogens (tertiary/aromatic N) is 1. The van der Waals surface area contributed by atoms with Gasteiger partial charge in [-0.3, -0.25) is 4.79 Å². The highest BCUT2D eigenvalue weighted by molar-refractivity contribution is 5.79. The number of nitrogens with one attached hydrogen (secondary N) is 1. The van der Waals surface area contributed by atoms with Gasteiger partial charge in [-0.2, -0.15) is 0 Å². The van der Waals surface area contributed by atoms with Crippen molar-refractivity contribution in [3.8, 4) is 5.88 Å². The standard InChI is InChI=1S/C10H15N3O2/c1-7(2)15-10-8(4-3-5-12-10)13-6-9(11)14/h3-5,7,13H,6H2,1-2H3,(H2,11,14). The summed E-state index contributed by atoms with van der Waals surface area (Å²) < 4.78 is 5.45. The lowest BCUT2D eigenvalue weighted by atomic mass is 10.4. The minimum Gasteiger partial charge on any atom is -0.473 e. The Morgan fingerprint density at radius 2 is 2.40 bits per heavy atom. The molecule has 1 amide bonds. The molecular weight excluding hydrogens is 194 g/mol. The first-order chi connectivity index (χ1) is 7.09. The Balaban J connectivity index is 2.72. The zero-order chi connectivity index (χ0) is 11.3. The first-order valence-electron chi connectivity index (χ1n) is 4.73. The molecule has 1 heterocycles. The molecule has 0 bridgehead atoms. The van der Waals surface area contributed by atoms with Crippen molar-refractivity contribution in [2.45, 2.75) is 20.0 Å². The zero-order valence-electron chi connectivity index (χ0n) is 8.86. The Morgan fingerprint density at radius 1 is 1.67 bits per heavy atom. The van der Waals surface area contributed by atoms with Crippen LogP contribution < -0.4 is 15.8 Å². The minimum absolute atomic E-state index is 0.0361. The quantitative estimate of drug-likeness (QED) is 0.750. The first-order valence-corrected chi connectivity index (χ1v) is 4.73. The molecule has 0 saturated heterocycles. The summed E-state index contributed by atoms with van der Waals surface area (Å²) in [5.41, 5.74) is 5.70. The average molecular weight is 209 g/mol. The predicted octanol–water partition coefficient (Wildman–Crippen LogP) is 0.766. The number of nitrogens with two attached hydrogens (primary N) is 1. The molecule has 5 heteroatoms. The van der Waals surface area contributed by atoms with Crippen LogP contribution in [0.15, 0.2) is 18.3 Å². The molecule has 0 spiro atoms. The van der Waals surface area contributed by atoms with E-state index in [1.165, 1.54) is 0 Å². The second-order valence-electron chi connectivity index (χ2n) is 3.34. The van der Waals surface area contributed by atoms with E-state index in [2.05, 4.69) is 10.3 Å². The van der Waals surface area contributed by atoms with E-state index in [0.717, 1.165) is 0 Å². The molecule has 15 heavy (non-hydrogen) atoms. The van der Waals surface area contributed by atoms with E-state index >= 15 is 0 Å². The largest absolute Gasteiger partial charge is 0.473 e. The number of hydrogen-bond acceptors (Lipinski definition) is 4. The lowest BCUT2D eigenvalue weighted by molar-refractivity contribution is -0.116. The number of amides is 1. The number of primary amides is 1. The molecule has 0 fully saturated rings. The SMILES string of the molecule is CC(C)Oc1ncccc1NCC(N)=O. The Kier molecular flexibility index (Phi) is 3.91. The van der Waals surface area contributed by atoms with Gasteiger partial charge in [-0.15, -0.1) is 0 Å². The predicted molar refractivity (Wildman–Crippen MR) is 57.7 cm³/mol. The number of ether oxygens (including phenoxy) is 1. The number of pyridine rings is 1. The van der Waals surface area contributed by atoms with Crippen molar-refractivity contribution < 1.29 is 9.53 Å². The van der Waals surface area contributed by atoms with Crippen LogP contribution in [0.5, 0.6) is 5.88 Å². The van der Waals surface area contributed by atoms with Crippen LogP contribution in [0.2, 0.25) is 0 Å². The molecule has 0 aliphatic heterocycles. The van der Waals surface area contributed by atoms with Crippen molar-refractivity contribution in [2.24, 2.45) is 5.73 Å². The summed E-state index contributed by atoms with van der Waals surface area (Å²) in [6.07, 6.45) is 1.67. The van der Waals surface area contributed by atoms with Crippen LogP contribution in [-0.2, 0) is 4.79 Å². The zero-order valence-corrected chi connectivity index (χ0v) is 8.86. The number of aromatic nitrogens is 1. The molecular formula is C10H15N3O2. The molecule has 82 valence electrons. The van der Waals surface area contributed by atoms with E-state index in [9.17, 15) is 4.79 Å². The van der Waals surface area contributed by atoms with E-state index in [1.807, 2.05) is 13.8 Å². The summed E-state index contributed by atoms with van der Waals surface area (Å²) in [6, 6.07) is 3.55. The fourth-order valence-corrected chi connectivity index (χ4v) is 1.02. The number of carbonyl (C=O) groups is 1. The van der Waals surface area contributed by atoms with Gasteiger partial charge in [-0.1, -0.05) is 0 Å². The molecule has 3 N–H and O–H groups in total. The maximum Gasteiger partial charge on any atom is 0.237 e. The highest BCUT2D eigenvalue weighted by atomic mass is 16.5. The van der Waals surface area contributed by atoms with Crippen LogP contribution in [0.4, 0.5) is 5.69 Å². The van der Waals surface area contributed by atoms with Gasteiger partial charge in [0, 0.05) is 6.20 Å². The van der Waals surface area contributed by atoms with Gasteiger partial charge in [0.2, 0.25) is 11.8 Å². The van der Waals surface area contributed by atoms with E-state index in [0.29, 0.717) is 11.6 Å². The Labute approximate surface area is 88.6 Å². The van der Waals surface area contributed by atoms with Crippen LogP contribution in [0.1, 0.15) is 13.8 Å². The molecule has 0 saturated carbocycles.